The number of amides is 1. The van der Waals surface area contributed by atoms with Gasteiger partial charge in [0.25, 0.3) is 5.91 Å². The van der Waals surface area contributed by atoms with Gasteiger partial charge in [0.1, 0.15) is 23.7 Å². The van der Waals surface area contributed by atoms with Gasteiger partial charge >= 0.3 is 0 Å². The molecule has 0 saturated heterocycles. The zero-order valence-corrected chi connectivity index (χ0v) is 15.3. The molecule has 1 heterocycles. The maximum atomic E-state index is 13.9. The van der Waals surface area contributed by atoms with Gasteiger partial charge < -0.3 is 10.1 Å². The third-order valence-electron chi connectivity index (χ3n) is 4.59. The van der Waals surface area contributed by atoms with Crippen LogP contribution in [0.3, 0.4) is 0 Å². The number of halogens is 3. The van der Waals surface area contributed by atoms with Crippen molar-refractivity contribution in [1.82, 2.24) is 25.5 Å². The van der Waals surface area contributed by atoms with Crippen LogP contribution in [0.25, 0.3) is 5.69 Å². The first-order valence-electron chi connectivity index (χ1n) is 8.35. The van der Waals surface area contributed by atoms with Crippen molar-refractivity contribution >= 4 is 17.5 Å². The summed E-state index contributed by atoms with van der Waals surface area (Å²) in [6.45, 7) is 0. The van der Waals surface area contributed by atoms with Crippen LogP contribution in [0.2, 0.25) is 5.02 Å². The standard InChI is InChI=1S/C18H14ClF2N5O2/c1-28-16-7-15(26-8-22-24-25-26)11(19)5-10(16)18(27)23-14-6-9(14)17-12(20)3-2-4-13(17)21/h2-5,7-9,14H,6H2,1H3,(H,23,27). The Balaban J connectivity index is 1.55. The molecule has 0 bridgehead atoms. The van der Waals surface area contributed by atoms with Crippen molar-refractivity contribution in [2.75, 3.05) is 7.11 Å². The molecular weight excluding hydrogens is 392 g/mol. The lowest BCUT2D eigenvalue weighted by Gasteiger charge is -2.13. The van der Waals surface area contributed by atoms with Gasteiger partial charge in [-0.25, -0.2) is 8.78 Å². The largest absolute Gasteiger partial charge is 0.496 e. The van der Waals surface area contributed by atoms with Gasteiger partial charge in [-0.05, 0) is 35.0 Å². The van der Waals surface area contributed by atoms with E-state index >= 15 is 0 Å². The monoisotopic (exact) mass is 405 g/mol. The minimum Gasteiger partial charge on any atom is -0.496 e. The maximum absolute atomic E-state index is 13.9. The fourth-order valence-corrected chi connectivity index (χ4v) is 3.37. The Morgan fingerprint density at radius 1 is 1.32 bits per heavy atom. The molecule has 4 rings (SSSR count). The molecule has 144 valence electrons. The SMILES string of the molecule is COc1cc(-n2cnnn2)c(Cl)cc1C(=O)NC1CC1c1c(F)cccc1F. The molecule has 0 aliphatic heterocycles. The number of carbonyl (C=O) groups is 1. The second-order valence-electron chi connectivity index (χ2n) is 6.32. The maximum Gasteiger partial charge on any atom is 0.255 e. The summed E-state index contributed by atoms with van der Waals surface area (Å²) in [5, 5.41) is 13.9. The van der Waals surface area contributed by atoms with E-state index in [9.17, 15) is 13.6 Å². The molecule has 1 fully saturated rings. The highest BCUT2D eigenvalue weighted by molar-refractivity contribution is 6.33. The Kier molecular flexibility index (Phi) is 4.68. The molecule has 7 nitrogen and oxygen atoms in total. The molecule has 1 aliphatic carbocycles. The number of tetrazole rings is 1. The van der Waals surface area contributed by atoms with Gasteiger partial charge in [0.2, 0.25) is 0 Å². The molecule has 28 heavy (non-hydrogen) atoms. The normalized spacial score (nSPS) is 18.0. The molecule has 3 aromatic rings. The smallest absolute Gasteiger partial charge is 0.255 e. The summed E-state index contributed by atoms with van der Waals surface area (Å²) in [5.74, 6) is -1.83. The highest BCUT2D eigenvalue weighted by Crippen LogP contribution is 2.43. The molecule has 2 unspecified atom stereocenters. The first-order valence-corrected chi connectivity index (χ1v) is 8.73. The lowest BCUT2D eigenvalue weighted by atomic mass is 10.1. The van der Waals surface area contributed by atoms with Crippen LogP contribution in [0.4, 0.5) is 8.78 Å². The molecule has 1 amide bonds. The van der Waals surface area contributed by atoms with Gasteiger partial charge in [0.15, 0.2) is 0 Å². The van der Waals surface area contributed by atoms with Crippen molar-refractivity contribution in [1.29, 1.82) is 0 Å². The topological polar surface area (TPSA) is 81.9 Å². The number of carbonyl (C=O) groups excluding carboxylic acids is 1. The minimum absolute atomic E-state index is 0.00757. The van der Waals surface area contributed by atoms with E-state index in [0.717, 1.165) is 0 Å². The Hall–Kier alpha value is -3.07. The lowest BCUT2D eigenvalue weighted by molar-refractivity contribution is 0.0947. The molecule has 1 aliphatic rings. The summed E-state index contributed by atoms with van der Waals surface area (Å²) >= 11 is 6.26. The van der Waals surface area contributed by atoms with E-state index in [0.29, 0.717) is 12.1 Å². The van der Waals surface area contributed by atoms with Gasteiger partial charge in [-0.1, -0.05) is 17.7 Å². The van der Waals surface area contributed by atoms with E-state index in [1.165, 1.54) is 48.5 Å². The summed E-state index contributed by atoms with van der Waals surface area (Å²) in [7, 11) is 1.41. The summed E-state index contributed by atoms with van der Waals surface area (Å²) in [5.41, 5.74) is 0.633. The molecule has 1 saturated carbocycles. The van der Waals surface area contributed by atoms with E-state index in [1.54, 1.807) is 0 Å². The van der Waals surface area contributed by atoms with Gasteiger partial charge in [0.05, 0.1) is 23.4 Å². The lowest BCUT2D eigenvalue weighted by Crippen LogP contribution is -2.27. The summed E-state index contributed by atoms with van der Waals surface area (Å²) in [6, 6.07) is 6.32. The first-order chi connectivity index (χ1) is 13.5. The van der Waals surface area contributed by atoms with Crippen molar-refractivity contribution in [3.05, 3.63) is 64.4 Å². The summed E-state index contributed by atoms with van der Waals surface area (Å²) < 4.78 is 34.5. The number of nitrogens with zero attached hydrogens (tertiary/aromatic N) is 4. The number of benzene rings is 2. The predicted octanol–water partition coefficient (Wildman–Crippen LogP) is 2.89. The summed E-state index contributed by atoms with van der Waals surface area (Å²) in [4.78, 5) is 12.7. The quantitative estimate of drug-likeness (QED) is 0.705. The van der Waals surface area contributed by atoms with E-state index in [4.69, 9.17) is 16.3 Å². The number of aromatic nitrogens is 4. The average Bonchev–Trinajstić information content (AvgIpc) is 3.18. The Labute approximate surface area is 163 Å². The van der Waals surface area contributed by atoms with E-state index in [1.807, 2.05) is 0 Å². The highest BCUT2D eigenvalue weighted by atomic mass is 35.5. The van der Waals surface area contributed by atoms with Gasteiger partial charge in [0, 0.05) is 23.6 Å². The molecular formula is C18H14ClF2N5O2. The highest BCUT2D eigenvalue weighted by Gasteiger charge is 2.43. The Bertz CT molecular complexity index is 1020. The average molecular weight is 406 g/mol. The van der Waals surface area contributed by atoms with Crippen LogP contribution >= 0.6 is 11.6 Å². The predicted molar refractivity (Wildman–Crippen MR) is 95.7 cm³/mol. The van der Waals surface area contributed by atoms with Gasteiger partial charge in [-0.15, -0.1) is 5.10 Å². The molecule has 1 N–H and O–H groups in total. The second-order valence-corrected chi connectivity index (χ2v) is 6.72. The van der Waals surface area contributed by atoms with Crippen LogP contribution in [0, 0.1) is 11.6 Å². The number of rotatable bonds is 5. The number of methoxy groups -OCH3 is 1. The van der Waals surface area contributed by atoms with Crippen molar-refractivity contribution in [3.8, 4) is 11.4 Å². The Morgan fingerprint density at radius 3 is 2.71 bits per heavy atom. The number of hydrogen-bond donors (Lipinski definition) is 1. The summed E-state index contributed by atoms with van der Waals surface area (Å²) in [6.07, 6.45) is 1.81. The van der Waals surface area contributed by atoms with Crippen molar-refractivity contribution in [3.63, 3.8) is 0 Å². The van der Waals surface area contributed by atoms with Crippen LogP contribution in [-0.2, 0) is 0 Å². The zero-order chi connectivity index (χ0) is 19.8. The second kappa shape index (κ2) is 7.16. The van der Waals surface area contributed by atoms with Crippen LogP contribution in [0.15, 0.2) is 36.7 Å². The van der Waals surface area contributed by atoms with E-state index < -0.39 is 23.5 Å². The van der Waals surface area contributed by atoms with E-state index in [2.05, 4.69) is 20.8 Å². The molecule has 0 radical (unpaired) electrons. The number of nitrogens with one attached hydrogen (secondary N) is 1. The fourth-order valence-electron chi connectivity index (χ4n) is 3.12. The minimum atomic E-state index is -0.617. The van der Waals surface area contributed by atoms with Gasteiger partial charge in [-0.3, -0.25) is 4.79 Å². The van der Waals surface area contributed by atoms with Crippen molar-refractivity contribution in [2.45, 2.75) is 18.4 Å². The van der Waals surface area contributed by atoms with Crippen molar-refractivity contribution < 1.29 is 18.3 Å². The first kappa shape index (κ1) is 18.3. The van der Waals surface area contributed by atoms with E-state index in [-0.39, 0.29) is 27.9 Å². The third kappa shape index (κ3) is 3.29. The molecule has 10 heteroatoms. The number of hydrogen-bond acceptors (Lipinski definition) is 5. The molecule has 0 spiro atoms. The number of ether oxygens (including phenoxy) is 1. The third-order valence-corrected chi connectivity index (χ3v) is 4.89. The van der Waals surface area contributed by atoms with Crippen LogP contribution in [0.1, 0.15) is 28.3 Å². The van der Waals surface area contributed by atoms with Crippen LogP contribution in [-0.4, -0.2) is 39.3 Å². The molecule has 2 aromatic carbocycles. The Morgan fingerprint density at radius 2 is 2.07 bits per heavy atom. The molecule has 2 atom stereocenters. The zero-order valence-electron chi connectivity index (χ0n) is 14.6. The van der Waals surface area contributed by atoms with Crippen molar-refractivity contribution in [2.24, 2.45) is 0 Å². The fraction of sp³-hybridized carbons (Fsp3) is 0.222. The van der Waals surface area contributed by atoms with Crippen LogP contribution in [0.5, 0.6) is 5.75 Å². The van der Waals surface area contributed by atoms with Gasteiger partial charge in [-0.2, -0.15) is 4.68 Å². The van der Waals surface area contributed by atoms with Crippen LogP contribution < -0.4 is 10.1 Å². The molecule has 1 aromatic heterocycles.